The maximum Gasteiger partial charge on any atom is 0.0107 e. The van der Waals surface area contributed by atoms with Crippen LogP contribution >= 0.6 is 49.6 Å². The van der Waals surface area contributed by atoms with Crippen LogP contribution in [-0.4, -0.2) is 75.2 Å². The van der Waals surface area contributed by atoms with Crippen molar-refractivity contribution in [3.63, 3.8) is 0 Å². The van der Waals surface area contributed by atoms with Crippen LogP contribution in [0.1, 0.15) is 19.3 Å². The monoisotopic (exact) mass is 384 g/mol. The Morgan fingerprint density at radius 1 is 0.571 bits per heavy atom. The van der Waals surface area contributed by atoms with Crippen molar-refractivity contribution in [1.82, 2.24) is 20.4 Å². The second kappa shape index (κ2) is 17.4. The first-order valence-corrected chi connectivity index (χ1v) is 7.31. The number of hydrogen-bond acceptors (Lipinski definition) is 4. The third-order valence-corrected chi connectivity index (χ3v) is 3.81. The first-order chi connectivity index (χ1) is 8.45. The van der Waals surface area contributed by atoms with Crippen molar-refractivity contribution in [2.45, 2.75) is 19.3 Å². The third kappa shape index (κ3) is 12.1. The van der Waals surface area contributed by atoms with Gasteiger partial charge >= 0.3 is 0 Å². The molecule has 0 aromatic rings. The van der Waals surface area contributed by atoms with Gasteiger partial charge in [0.15, 0.2) is 0 Å². The molecule has 2 aliphatic rings. The van der Waals surface area contributed by atoms with Crippen LogP contribution in [0.15, 0.2) is 0 Å². The van der Waals surface area contributed by atoms with Gasteiger partial charge in [0, 0.05) is 26.2 Å². The van der Waals surface area contributed by atoms with Gasteiger partial charge in [0.25, 0.3) is 0 Å². The van der Waals surface area contributed by atoms with Crippen molar-refractivity contribution in [3.8, 4) is 0 Å². The van der Waals surface area contributed by atoms with Crippen molar-refractivity contribution in [2.75, 3.05) is 65.4 Å². The van der Waals surface area contributed by atoms with E-state index in [1.807, 2.05) is 0 Å². The molecule has 2 saturated heterocycles. The summed E-state index contributed by atoms with van der Waals surface area (Å²) in [6, 6.07) is 0. The summed E-state index contributed by atoms with van der Waals surface area (Å²) in [7, 11) is 0. The van der Waals surface area contributed by atoms with E-state index in [9.17, 15) is 0 Å². The highest BCUT2D eigenvalue weighted by atomic mass is 35.5. The molecule has 2 heterocycles. The van der Waals surface area contributed by atoms with Gasteiger partial charge in [-0.1, -0.05) is 0 Å². The first kappa shape index (κ1) is 26.9. The normalized spacial score (nSPS) is 20.6. The van der Waals surface area contributed by atoms with Gasteiger partial charge < -0.3 is 20.4 Å². The molecule has 2 N–H and O–H groups in total. The number of hydrogen-bond donors (Lipinski definition) is 2. The fourth-order valence-electron chi connectivity index (χ4n) is 2.77. The Hall–Kier alpha value is 1.00. The highest BCUT2D eigenvalue weighted by molar-refractivity contribution is 5.86. The Labute approximate surface area is 154 Å². The van der Waals surface area contributed by atoms with Crippen LogP contribution in [0.2, 0.25) is 0 Å². The van der Waals surface area contributed by atoms with E-state index >= 15 is 0 Å². The number of halogens is 4. The maximum atomic E-state index is 3.46. The van der Waals surface area contributed by atoms with E-state index in [0.29, 0.717) is 0 Å². The lowest BCUT2D eigenvalue weighted by Gasteiger charge is -2.23. The minimum absolute atomic E-state index is 0. The fourth-order valence-corrected chi connectivity index (χ4v) is 2.77. The molecule has 0 radical (unpaired) electrons. The van der Waals surface area contributed by atoms with Crippen LogP contribution in [0.5, 0.6) is 0 Å². The van der Waals surface area contributed by atoms with E-state index in [1.54, 1.807) is 0 Å². The standard InChI is InChI=1S/C13H28N4.4ClH/c1-4-14-6-12-16(8-1)10-3-11-17-9-2-5-15-7-13-17;;;;/h14-15H,1-13H2;4*1H. The zero-order valence-electron chi connectivity index (χ0n) is 12.7. The molecule has 0 atom stereocenters. The van der Waals surface area contributed by atoms with E-state index in [0.717, 1.165) is 0 Å². The number of rotatable bonds is 4. The molecule has 0 aromatic carbocycles. The van der Waals surface area contributed by atoms with Crippen LogP contribution in [0.4, 0.5) is 0 Å². The van der Waals surface area contributed by atoms with E-state index in [1.165, 1.54) is 84.7 Å². The largest absolute Gasteiger partial charge is 0.315 e. The molecular weight excluding hydrogens is 354 g/mol. The molecule has 0 saturated carbocycles. The van der Waals surface area contributed by atoms with E-state index < -0.39 is 0 Å². The summed E-state index contributed by atoms with van der Waals surface area (Å²) in [5, 5.41) is 6.93. The van der Waals surface area contributed by atoms with Gasteiger partial charge in [-0.2, -0.15) is 0 Å². The van der Waals surface area contributed by atoms with Crippen LogP contribution in [0.25, 0.3) is 0 Å². The van der Waals surface area contributed by atoms with Crippen LogP contribution in [0, 0.1) is 0 Å². The molecule has 8 heteroatoms. The first-order valence-electron chi connectivity index (χ1n) is 7.31. The third-order valence-electron chi connectivity index (χ3n) is 3.81. The van der Waals surface area contributed by atoms with Gasteiger partial charge in [-0.25, -0.2) is 0 Å². The lowest BCUT2D eigenvalue weighted by molar-refractivity contribution is 0.241. The smallest absolute Gasteiger partial charge is 0.0107 e. The van der Waals surface area contributed by atoms with E-state index in [-0.39, 0.29) is 49.6 Å². The molecule has 0 spiro atoms. The van der Waals surface area contributed by atoms with Gasteiger partial charge in [-0.15, -0.1) is 49.6 Å². The molecule has 2 fully saturated rings. The van der Waals surface area contributed by atoms with Crippen molar-refractivity contribution in [2.24, 2.45) is 0 Å². The second-order valence-corrected chi connectivity index (χ2v) is 5.24. The quantitative estimate of drug-likeness (QED) is 0.770. The molecule has 4 nitrogen and oxygen atoms in total. The molecule has 2 aliphatic heterocycles. The topological polar surface area (TPSA) is 30.5 Å². The Balaban J connectivity index is -0.000000810. The zero-order chi connectivity index (χ0) is 11.8. The minimum atomic E-state index is 0. The van der Waals surface area contributed by atoms with Crippen molar-refractivity contribution in [3.05, 3.63) is 0 Å². The van der Waals surface area contributed by atoms with Gasteiger partial charge in [0.2, 0.25) is 0 Å². The summed E-state index contributed by atoms with van der Waals surface area (Å²) in [6.07, 6.45) is 3.96. The molecule has 0 aromatic heterocycles. The van der Waals surface area contributed by atoms with Crippen molar-refractivity contribution < 1.29 is 0 Å². The summed E-state index contributed by atoms with van der Waals surface area (Å²) >= 11 is 0. The van der Waals surface area contributed by atoms with Crippen molar-refractivity contribution in [1.29, 1.82) is 0 Å². The summed E-state index contributed by atoms with van der Waals surface area (Å²) < 4.78 is 0. The Morgan fingerprint density at radius 3 is 1.43 bits per heavy atom. The molecule has 132 valence electrons. The predicted molar refractivity (Wildman–Crippen MR) is 101 cm³/mol. The Bertz CT molecular complexity index is 177. The molecular formula is C13H32Cl4N4. The summed E-state index contributed by atoms with van der Waals surface area (Å²) in [5.74, 6) is 0. The van der Waals surface area contributed by atoms with Crippen molar-refractivity contribution >= 4 is 49.6 Å². The Morgan fingerprint density at radius 2 is 1.00 bits per heavy atom. The van der Waals surface area contributed by atoms with Gasteiger partial charge in [0.1, 0.15) is 0 Å². The lowest BCUT2D eigenvalue weighted by atomic mass is 10.3. The molecule has 0 unspecified atom stereocenters. The van der Waals surface area contributed by atoms with Gasteiger partial charge in [-0.05, 0) is 58.5 Å². The fraction of sp³-hybridized carbons (Fsp3) is 1.00. The van der Waals surface area contributed by atoms with Crippen LogP contribution in [0.3, 0.4) is 0 Å². The zero-order valence-corrected chi connectivity index (χ0v) is 16.0. The molecule has 21 heavy (non-hydrogen) atoms. The summed E-state index contributed by atoms with van der Waals surface area (Å²) in [4.78, 5) is 5.24. The molecule has 0 amide bonds. The van der Waals surface area contributed by atoms with Gasteiger partial charge in [0.05, 0.1) is 0 Å². The van der Waals surface area contributed by atoms with E-state index in [2.05, 4.69) is 20.4 Å². The van der Waals surface area contributed by atoms with E-state index in [4.69, 9.17) is 0 Å². The molecule has 2 rings (SSSR count). The average molecular weight is 386 g/mol. The summed E-state index contributed by atoms with van der Waals surface area (Å²) in [5.41, 5.74) is 0. The molecule has 0 bridgehead atoms. The van der Waals surface area contributed by atoms with Crippen LogP contribution in [-0.2, 0) is 0 Å². The lowest BCUT2D eigenvalue weighted by Crippen LogP contribution is -2.33. The minimum Gasteiger partial charge on any atom is -0.315 e. The highest BCUT2D eigenvalue weighted by Crippen LogP contribution is 2.00. The predicted octanol–water partition coefficient (Wildman–Crippen LogP) is 1.65. The van der Waals surface area contributed by atoms with Crippen LogP contribution < -0.4 is 10.6 Å². The number of nitrogens with zero attached hydrogens (tertiary/aromatic N) is 2. The average Bonchev–Trinajstić information content (AvgIpc) is 2.73. The SMILES string of the molecule is C1CNCCN(CCCN2CCCNCC2)C1.Cl.Cl.Cl.Cl. The molecule has 0 aliphatic carbocycles. The van der Waals surface area contributed by atoms with Gasteiger partial charge in [-0.3, -0.25) is 0 Å². The maximum absolute atomic E-state index is 3.46. The number of nitrogens with one attached hydrogen (secondary N) is 2. The Kier molecular flexibility index (Phi) is 22.2. The summed E-state index contributed by atoms with van der Waals surface area (Å²) in [6.45, 7) is 12.4. The second-order valence-electron chi connectivity index (χ2n) is 5.24. The highest BCUT2D eigenvalue weighted by Gasteiger charge is 2.10.